The SMILES string of the molecule is COc1ccc(N([C@H](C)C(=O)NCCCN(C)c2ccccc2)S(C)(=O)=O)cc1. The summed E-state index contributed by atoms with van der Waals surface area (Å²) in [6.07, 6.45) is 1.83. The van der Waals surface area contributed by atoms with Crippen molar-refractivity contribution in [1.82, 2.24) is 5.32 Å². The number of nitrogens with one attached hydrogen (secondary N) is 1. The number of para-hydroxylation sites is 1. The third-order valence-electron chi connectivity index (χ3n) is 4.58. The number of benzene rings is 2. The molecule has 1 atom stereocenters. The molecule has 29 heavy (non-hydrogen) atoms. The molecule has 0 aliphatic carbocycles. The molecular weight excluding hydrogens is 390 g/mol. The Kier molecular flexibility index (Phi) is 7.90. The van der Waals surface area contributed by atoms with Gasteiger partial charge in [-0.2, -0.15) is 0 Å². The molecule has 0 saturated carbocycles. The molecule has 8 heteroatoms. The summed E-state index contributed by atoms with van der Waals surface area (Å²) in [5.41, 5.74) is 1.52. The van der Waals surface area contributed by atoms with E-state index in [1.807, 2.05) is 37.4 Å². The molecule has 0 spiro atoms. The van der Waals surface area contributed by atoms with Gasteiger partial charge in [-0.3, -0.25) is 9.10 Å². The minimum absolute atomic E-state index is 0.339. The Balaban J connectivity index is 1.94. The van der Waals surface area contributed by atoms with Crippen molar-refractivity contribution in [2.24, 2.45) is 0 Å². The molecule has 0 saturated heterocycles. The van der Waals surface area contributed by atoms with E-state index in [1.54, 1.807) is 31.2 Å². The summed E-state index contributed by atoms with van der Waals surface area (Å²) in [6, 6.07) is 15.7. The second-order valence-corrected chi connectivity index (χ2v) is 8.69. The van der Waals surface area contributed by atoms with E-state index in [1.165, 1.54) is 7.11 Å². The van der Waals surface area contributed by atoms with Crippen molar-refractivity contribution >= 4 is 27.3 Å². The highest BCUT2D eigenvalue weighted by molar-refractivity contribution is 7.92. The van der Waals surface area contributed by atoms with Crippen molar-refractivity contribution in [3.8, 4) is 5.75 Å². The summed E-state index contributed by atoms with van der Waals surface area (Å²) in [6.45, 7) is 2.81. The first-order valence-electron chi connectivity index (χ1n) is 9.41. The number of hydrogen-bond donors (Lipinski definition) is 1. The molecule has 0 unspecified atom stereocenters. The first-order valence-corrected chi connectivity index (χ1v) is 11.3. The summed E-state index contributed by atoms with van der Waals surface area (Å²) in [5, 5.41) is 2.84. The van der Waals surface area contributed by atoms with E-state index in [4.69, 9.17) is 4.74 Å². The number of rotatable bonds is 10. The Bertz CT molecular complexity index is 886. The Morgan fingerprint density at radius 1 is 1.07 bits per heavy atom. The van der Waals surface area contributed by atoms with Crippen LogP contribution < -0.4 is 19.3 Å². The minimum Gasteiger partial charge on any atom is -0.497 e. The molecule has 2 rings (SSSR count). The van der Waals surface area contributed by atoms with Gasteiger partial charge < -0.3 is 15.0 Å². The van der Waals surface area contributed by atoms with E-state index < -0.39 is 16.1 Å². The highest BCUT2D eigenvalue weighted by atomic mass is 32.2. The lowest BCUT2D eigenvalue weighted by Crippen LogP contribution is -2.48. The molecule has 0 fully saturated rings. The first-order chi connectivity index (χ1) is 13.7. The zero-order chi connectivity index (χ0) is 21.4. The standard InChI is InChI=1S/C21H29N3O4S/c1-17(24(29(4,26)27)19-11-13-20(28-3)14-12-19)21(25)22-15-8-16-23(2)18-9-6-5-7-10-18/h5-7,9-14,17H,8,15-16H2,1-4H3,(H,22,25)/t17-/m1/s1. The van der Waals surface area contributed by atoms with E-state index in [0.29, 0.717) is 18.0 Å². The fourth-order valence-electron chi connectivity index (χ4n) is 3.03. The topological polar surface area (TPSA) is 79.0 Å². The summed E-state index contributed by atoms with van der Waals surface area (Å²) >= 11 is 0. The van der Waals surface area contributed by atoms with Gasteiger partial charge >= 0.3 is 0 Å². The normalized spacial score (nSPS) is 12.1. The monoisotopic (exact) mass is 419 g/mol. The Morgan fingerprint density at radius 2 is 1.69 bits per heavy atom. The molecule has 2 aromatic rings. The van der Waals surface area contributed by atoms with Gasteiger partial charge in [-0.25, -0.2) is 8.42 Å². The third kappa shape index (κ3) is 6.39. The summed E-state index contributed by atoms with van der Waals surface area (Å²) in [5.74, 6) is 0.274. The van der Waals surface area contributed by atoms with E-state index >= 15 is 0 Å². The second kappa shape index (κ2) is 10.2. The van der Waals surface area contributed by atoms with Crippen LogP contribution in [-0.2, 0) is 14.8 Å². The van der Waals surface area contributed by atoms with Gasteiger partial charge in [0.05, 0.1) is 19.1 Å². The zero-order valence-corrected chi connectivity index (χ0v) is 18.1. The van der Waals surface area contributed by atoms with E-state index in [-0.39, 0.29) is 5.91 Å². The van der Waals surface area contributed by atoms with E-state index in [0.717, 1.165) is 29.2 Å². The van der Waals surface area contributed by atoms with E-state index in [2.05, 4.69) is 10.2 Å². The lowest BCUT2D eigenvalue weighted by Gasteiger charge is -2.28. The molecule has 2 aromatic carbocycles. The number of hydrogen-bond acceptors (Lipinski definition) is 5. The predicted octanol–water partition coefficient (Wildman–Crippen LogP) is 2.49. The average molecular weight is 420 g/mol. The highest BCUT2D eigenvalue weighted by Gasteiger charge is 2.28. The number of carbonyl (C=O) groups is 1. The molecule has 1 N–H and O–H groups in total. The van der Waals surface area contributed by atoms with Crippen LogP contribution in [0.5, 0.6) is 5.75 Å². The van der Waals surface area contributed by atoms with Gasteiger partial charge in [0.15, 0.2) is 0 Å². The minimum atomic E-state index is -3.64. The predicted molar refractivity (Wildman–Crippen MR) is 117 cm³/mol. The summed E-state index contributed by atoms with van der Waals surface area (Å²) in [7, 11) is -0.107. The van der Waals surface area contributed by atoms with Crippen LogP contribution in [0.4, 0.5) is 11.4 Å². The van der Waals surface area contributed by atoms with Gasteiger partial charge in [-0.1, -0.05) is 18.2 Å². The first kappa shape index (κ1) is 22.5. The highest BCUT2D eigenvalue weighted by Crippen LogP contribution is 2.23. The van der Waals surface area contributed by atoms with E-state index in [9.17, 15) is 13.2 Å². The maximum Gasteiger partial charge on any atom is 0.243 e. The number of carbonyl (C=O) groups excluding carboxylic acids is 1. The molecule has 1 amide bonds. The second-order valence-electron chi connectivity index (χ2n) is 6.83. The number of amides is 1. The lowest BCUT2D eigenvalue weighted by molar-refractivity contribution is -0.121. The van der Waals surface area contributed by atoms with Crippen molar-refractivity contribution in [3.63, 3.8) is 0 Å². The van der Waals surface area contributed by atoms with Crippen LogP contribution in [0.25, 0.3) is 0 Å². The van der Waals surface area contributed by atoms with Crippen molar-refractivity contribution in [2.45, 2.75) is 19.4 Å². The molecule has 0 radical (unpaired) electrons. The van der Waals surface area contributed by atoms with Gasteiger partial charge in [0.1, 0.15) is 11.8 Å². The average Bonchev–Trinajstić information content (AvgIpc) is 2.71. The summed E-state index contributed by atoms with van der Waals surface area (Å²) < 4.78 is 30.9. The fraction of sp³-hybridized carbons (Fsp3) is 0.381. The van der Waals surface area contributed by atoms with Gasteiger partial charge in [-0.15, -0.1) is 0 Å². The molecule has 0 aliphatic heterocycles. The van der Waals surface area contributed by atoms with Crippen molar-refractivity contribution in [3.05, 3.63) is 54.6 Å². The quantitative estimate of drug-likeness (QED) is 0.599. The Morgan fingerprint density at radius 3 is 2.24 bits per heavy atom. The van der Waals surface area contributed by atoms with Gasteiger partial charge in [-0.05, 0) is 49.7 Å². The van der Waals surface area contributed by atoms with Crippen LogP contribution in [0.2, 0.25) is 0 Å². The number of sulfonamides is 1. The van der Waals surface area contributed by atoms with Gasteiger partial charge in [0.2, 0.25) is 15.9 Å². The van der Waals surface area contributed by atoms with Crippen LogP contribution in [0.3, 0.4) is 0 Å². The fourth-order valence-corrected chi connectivity index (χ4v) is 4.20. The zero-order valence-electron chi connectivity index (χ0n) is 17.3. The maximum atomic E-state index is 12.6. The number of nitrogens with zero attached hydrogens (tertiary/aromatic N) is 2. The Labute approximate surface area is 173 Å². The Hall–Kier alpha value is -2.74. The third-order valence-corrected chi connectivity index (χ3v) is 5.82. The van der Waals surface area contributed by atoms with Crippen molar-refractivity contribution in [2.75, 3.05) is 42.7 Å². The molecule has 0 aromatic heterocycles. The lowest BCUT2D eigenvalue weighted by atomic mass is 10.2. The number of anilines is 2. The van der Waals surface area contributed by atoms with Gasteiger partial charge in [0, 0.05) is 25.8 Å². The molecular formula is C21H29N3O4S. The molecule has 158 valence electrons. The van der Waals surface area contributed by atoms with Crippen molar-refractivity contribution < 1.29 is 17.9 Å². The number of ether oxygens (including phenoxy) is 1. The van der Waals surface area contributed by atoms with Crippen molar-refractivity contribution in [1.29, 1.82) is 0 Å². The smallest absolute Gasteiger partial charge is 0.243 e. The summed E-state index contributed by atoms with van der Waals surface area (Å²) in [4.78, 5) is 14.7. The largest absolute Gasteiger partial charge is 0.497 e. The van der Waals surface area contributed by atoms with Crippen LogP contribution in [0.15, 0.2) is 54.6 Å². The molecule has 0 heterocycles. The van der Waals surface area contributed by atoms with Gasteiger partial charge in [0.25, 0.3) is 0 Å². The maximum absolute atomic E-state index is 12.6. The van der Waals surface area contributed by atoms with Crippen LogP contribution in [0.1, 0.15) is 13.3 Å². The van der Waals surface area contributed by atoms with Crippen LogP contribution in [-0.4, -0.2) is 53.9 Å². The van der Waals surface area contributed by atoms with Crippen LogP contribution >= 0.6 is 0 Å². The molecule has 0 bridgehead atoms. The number of methoxy groups -OCH3 is 1. The molecule has 0 aliphatic rings. The van der Waals surface area contributed by atoms with Crippen LogP contribution in [0, 0.1) is 0 Å². The molecule has 7 nitrogen and oxygen atoms in total.